The number of halogens is 1. The van der Waals surface area contributed by atoms with Crippen LogP contribution >= 0.6 is 15.9 Å². The quantitative estimate of drug-likeness (QED) is 0.458. The maximum atomic E-state index is 8.59. The molecule has 2 saturated heterocycles. The summed E-state index contributed by atoms with van der Waals surface area (Å²) in [7, 11) is -0.716. The van der Waals surface area contributed by atoms with Gasteiger partial charge in [0.05, 0.1) is 39.9 Å². The summed E-state index contributed by atoms with van der Waals surface area (Å²) in [5.41, 5.74) is 0.510. The van der Waals surface area contributed by atoms with E-state index in [0.29, 0.717) is 5.33 Å². The summed E-state index contributed by atoms with van der Waals surface area (Å²) in [6, 6.07) is 3.89. The molecular formula is C22H33B2BrN6O4. The normalized spacial score (nSPS) is 20.7. The molecule has 2 aliphatic heterocycles. The van der Waals surface area contributed by atoms with Gasteiger partial charge in [-0.25, -0.2) is 0 Å². The number of nitrogens with one attached hydrogen (secondary N) is 1. The molecule has 188 valence electrons. The zero-order chi connectivity index (χ0) is 26.5. The average molecular weight is 547 g/mol. The molecule has 0 aliphatic carbocycles. The summed E-state index contributed by atoms with van der Waals surface area (Å²) < 4.78 is 25.0. The fourth-order valence-electron chi connectivity index (χ4n) is 3.01. The number of H-pyrrole nitrogens is 1. The minimum Gasteiger partial charge on any atom is -0.399 e. The van der Waals surface area contributed by atoms with Crippen LogP contribution < -0.4 is 10.9 Å². The van der Waals surface area contributed by atoms with E-state index in [0.717, 1.165) is 10.9 Å². The van der Waals surface area contributed by atoms with E-state index in [1.807, 2.05) is 67.5 Å². The highest BCUT2D eigenvalue weighted by Gasteiger charge is 2.53. The van der Waals surface area contributed by atoms with Crippen LogP contribution in [0.25, 0.3) is 0 Å². The van der Waals surface area contributed by atoms with Crippen molar-refractivity contribution >= 4 is 41.1 Å². The van der Waals surface area contributed by atoms with Crippen molar-refractivity contribution in [2.45, 2.75) is 84.3 Å². The lowest BCUT2D eigenvalue weighted by atomic mass is 9.82. The van der Waals surface area contributed by atoms with Gasteiger partial charge in [-0.05, 0) is 55.4 Å². The van der Waals surface area contributed by atoms with Crippen molar-refractivity contribution in [1.29, 1.82) is 10.5 Å². The first kappa shape index (κ1) is 29.1. The Balaban J connectivity index is 0.000000217. The van der Waals surface area contributed by atoms with Crippen molar-refractivity contribution in [3.8, 4) is 12.1 Å². The Bertz CT molecular complexity index is 1010. The smallest absolute Gasteiger partial charge is 0.399 e. The Kier molecular flexibility index (Phi) is 9.37. The molecule has 35 heavy (non-hydrogen) atoms. The third-order valence-electron chi connectivity index (χ3n) is 6.52. The van der Waals surface area contributed by atoms with E-state index in [4.69, 9.17) is 29.1 Å². The average Bonchev–Trinajstić information content (AvgIpc) is 3.51. The van der Waals surface area contributed by atoms with E-state index in [1.54, 1.807) is 29.5 Å². The van der Waals surface area contributed by atoms with Gasteiger partial charge in [-0.3, -0.25) is 9.78 Å². The number of rotatable bonds is 3. The Morgan fingerprint density at radius 3 is 1.69 bits per heavy atom. The van der Waals surface area contributed by atoms with Crippen molar-refractivity contribution in [2.75, 3.05) is 5.33 Å². The fraction of sp³-hybridized carbons (Fsp3) is 0.636. The highest BCUT2D eigenvalue weighted by Crippen LogP contribution is 2.37. The van der Waals surface area contributed by atoms with Crippen LogP contribution in [-0.2, 0) is 25.2 Å². The summed E-state index contributed by atoms with van der Waals surface area (Å²) in [4.78, 5) is 0. The van der Waals surface area contributed by atoms with Gasteiger partial charge in [0.1, 0.15) is 6.54 Å². The number of aromatic nitrogens is 4. The lowest BCUT2D eigenvalue weighted by Crippen LogP contribution is -2.41. The van der Waals surface area contributed by atoms with E-state index in [9.17, 15) is 0 Å². The molecule has 0 aromatic carbocycles. The first-order valence-electron chi connectivity index (χ1n) is 11.2. The molecule has 2 aromatic rings. The van der Waals surface area contributed by atoms with Crippen LogP contribution in [0.5, 0.6) is 0 Å². The molecule has 13 heteroatoms. The minimum absolute atomic E-state index is 0.236. The zero-order valence-electron chi connectivity index (χ0n) is 21.6. The molecule has 4 rings (SSSR count). The van der Waals surface area contributed by atoms with E-state index in [2.05, 4.69) is 31.2 Å². The lowest BCUT2D eigenvalue weighted by molar-refractivity contribution is 0.00578. The number of hydrogen-bond donors (Lipinski definition) is 1. The molecular weight excluding hydrogens is 514 g/mol. The van der Waals surface area contributed by atoms with Crippen molar-refractivity contribution in [1.82, 2.24) is 20.0 Å². The van der Waals surface area contributed by atoms with Gasteiger partial charge in [0.15, 0.2) is 0 Å². The van der Waals surface area contributed by atoms with Crippen molar-refractivity contribution in [3.05, 3.63) is 24.8 Å². The van der Waals surface area contributed by atoms with E-state index in [-0.39, 0.29) is 36.1 Å². The number of alkyl halides is 1. The van der Waals surface area contributed by atoms with Gasteiger partial charge in [-0.2, -0.15) is 20.7 Å². The molecule has 1 N–H and O–H groups in total. The molecule has 0 spiro atoms. The summed E-state index contributed by atoms with van der Waals surface area (Å²) in [5.74, 6) is 0. The van der Waals surface area contributed by atoms with Crippen LogP contribution in [0.1, 0.15) is 55.4 Å². The lowest BCUT2D eigenvalue weighted by Gasteiger charge is -2.32. The van der Waals surface area contributed by atoms with Crippen molar-refractivity contribution in [2.24, 2.45) is 0 Å². The molecule has 0 bridgehead atoms. The third kappa shape index (κ3) is 6.96. The molecule has 0 saturated carbocycles. The first-order chi connectivity index (χ1) is 16.2. The fourth-order valence-corrected chi connectivity index (χ4v) is 3.01. The summed E-state index contributed by atoms with van der Waals surface area (Å²) in [6.45, 7) is 16.4. The van der Waals surface area contributed by atoms with Crippen LogP contribution in [0.2, 0.25) is 0 Å². The molecule has 2 aliphatic rings. The van der Waals surface area contributed by atoms with Crippen LogP contribution in [0, 0.1) is 22.7 Å². The Labute approximate surface area is 216 Å². The Morgan fingerprint density at radius 2 is 1.31 bits per heavy atom. The van der Waals surface area contributed by atoms with Crippen LogP contribution in [0.15, 0.2) is 24.8 Å². The van der Waals surface area contributed by atoms with Gasteiger partial charge in [0.25, 0.3) is 0 Å². The topological polar surface area (TPSA) is 131 Å². The Morgan fingerprint density at radius 1 is 0.857 bits per heavy atom. The molecule has 2 aromatic heterocycles. The van der Waals surface area contributed by atoms with E-state index < -0.39 is 7.12 Å². The van der Waals surface area contributed by atoms with Gasteiger partial charge >= 0.3 is 14.2 Å². The zero-order valence-corrected chi connectivity index (χ0v) is 23.2. The highest BCUT2D eigenvalue weighted by atomic mass is 79.9. The molecule has 2 fully saturated rings. The van der Waals surface area contributed by atoms with Crippen molar-refractivity contribution < 1.29 is 18.6 Å². The molecule has 4 heterocycles. The second-order valence-corrected chi connectivity index (χ2v) is 10.7. The monoisotopic (exact) mass is 546 g/mol. The van der Waals surface area contributed by atoms with Gasteiger partial charge in [0, 0.05) is 35.7 Å². The van der Waals surface area contributed by atoms with E-state index >= 15 is 0 Å². The molecule has 0 amide bonds. The number of nitrogens with zero attached hydrogens (tertiary/aromatic N) is 5. The molecule has 10 nitrogen and oxygen atoms in total. The largest absolute Gasteiger partial charge is 0.498 e. The van der Waals surface area contributed by atoms with Gasteiger partial charge < -0.3 is 18.6 Å². The maximum Gasteiger partial charge on any atom is 0.498 e. The van der Waals surface area contributed by atoms with Crippen LogP contribution in [0.4, 0.5) is 0 Å². The highest BCUT2D eigenvalue weighted by molar-refractivity contribution is 9.09. The standard InChI is InChI=1S/C11H16BN3O2.C9H15BN2O2.C2H2BrN/c1-10(2)11(3,4)17-12(16-10)9-7-14-15(8-9)6-5-13;1-8(2)9(3,4)14-10(13-8)7-5-11-12-6-7;3-1-2-4/h7-8H,6H2,1-4H3;5-6H,1-4H3,(H,11,12);1H2. The van der Waals surface area contributed by atoms with Gasteiger partial charge in [-0.15, -0.1) is 0 Å². The van der Waals surface area contributed by atoms with Gasteiger partial charge in [-0.1, -0.05) is 15.9 Å². The Hall–Kier alpha value is -2.15. The predicted octanol–water partition coefficient (Wildman–Crippen LogP) is 2.32. The first-order valence-corrected chi connectivity index (χ1v) is 12.3. The predicted molar refractivity (Wildman–Crippen MR) is 137 cm³/mol. The molecule has 0 unspecified atom stereocenters. The summed E-state index contributed by atoms with van der Waals surface area (Å²) >= 11 is 2.89. The molecule has 0 atom stereocenters. The third-order valence-corrected chi connectivity index (χ3v) is 6.77. The SMILES string of the molecule is CC1(C)OB(c2cn[nH]c2)OC1(C)C.CC1(C)OB(c2cnn(CC#N)c2)OC1(C)C.N#CCBr. The number of nitriles is 2. The second kappa shape index (κ2) is 11.3. The molecule has 0 radical (unpaired) electrons. The number of hydrogen-bond acceptors (Lipinski definition) is 8. The van der Waals surface area contributed by atoms with E-state index in [1.165, 1.54) is 0 Å². The van der Waals surface area contributed by atoms with Crippen LogP contribution in [-0.4, -0.2) is 61.9 Å². The van der Waals surface area contributed by atoms with Crippen molar-refractivity contribution in [3.63, 3.8) is 0 Å². The van der Waals surface area contributed by atoms with Gasteiger partial charge in [0.2, 0.25) is 0 Å². The summed E-state index contributed by atoms with van der Waals surface area (Å²) in [6.07, 6.45) is 6.98. The van der Waals surface area contributed by atoms with Crippen LogP contribution in [0.3, 0.4) is 0 Å². The maximum absolute atomic E-state index is 8.59. The minimum atomic E-state index is -0.410. The summed E-state index contributed by atoms with van der Waals surface area (Å²) in [5, 5.41) is 27.3. The second-order valence-electron chi connectivity index (χ2n) is 10.1. The number of aromatic amines is 1.